The molecule has 0 aliphatic heterocycles. The zero-order chi connectivity index (χ0) is 16.6. The van der Waals surface area contributed by atoms with Crippen molar-refractivity contribution in [3.63, 3.8) is 0 Å². The van der Waals surface area contributed by atoms with Crippen molar-refractivity contribution < 1.29 is 4.42 Å². The van der Waals surface area contributed by atoms with Crippen molar-refractivity contribution in [2.45, 2.75) is 27.3 Å². The number of anilines is 1. The maximum Gasteiger partial charge on any atom is 0.336 e. The number of rotatable bonds is 3. The SMILES string of the molecule is Cc1cc2oc(=O)cc(CNc3cc(Cl)ccc3C)c2cc1C. The van der Waals surface area contributed by atoms with E-state index >= 15 is 0 Å². The van der Waals surface area contributed by atoms with Crippen LogP contribution in [0, 0.1) is 20.8 Å². The third-order valence-electron chi connectivity index (χ3n) is 4.11. The van der Waals surface area contributed by atoms with E-state index in [2.05, 4.69) is 18.3 Å². The van der Waals surface area contributed by atoms with Gasteiger partial charge in [-0.05, 0) is 67.3 Å². The average Bonchev–Trinajstić information content (AvgIpc) is 2.49. The smallest absolute Gasteiger partial charge is 0.336 e. The molecule has 4 heteroatoms. The first kappa shape index (κ1) is 15.6. The molecule has 0 radical (unpaired) electrons. The Hall–Kier alpha value is -2.26. The largest absolute Gasteiger partial charge is 0.423 e. The summed E-state index contributed by atoms with van der Waals surface area (Å²) < 4.78 is 5.33. The van der Waals surface area contributed by atoms with E-state index < -0.39 is 0 Å². The molecule has 0 aliphatic carbocycles. The Morgan fingerprint density at radius 2 is 1.74 bits per heavy atom. The first-order valence-corrected chi connectivity index (χ1v) is 7.86. The molecule has 0 aliphatic rings. The highest BCUT2D eigenvalue weighted by Gasteiger charge is 2.08. The van der Waals surface area contributed by atoms with Gasteiger partial charge in [0.05, 0.1) is 0 Å². The fourth-order valence-electron chi connectivity index (χ4n) is 2.60. The standard InChI is InChI=1S/C19H18ClNO2/c1-11-4-5-15(20)9-17(11)21-10-14-8-19(22)23-18-7-13(3)12(2)6-16(14)18/h4-9,21H,10H2,1-3H3. The summed E-state index contributed by atoms with van der Waals surface area (Å²) in [6.45, 7) is 6.61. The highest BCUT2D eigenvalue weighted by atomic mass is 35.5. The summed E-state index contributed by atoms with van der Waals surface area (Å²) in [4.78, 5) is 11.8. The second-order valence-corrected chi connectivity index (χ2v) is 6.27. The maximum absolute atomic E-state index is 11.8. The number of nitrogens with one attached hydrogen (secondary N) is 1. The molecule has 118 valence electrons. The first-order valence-electron chi connectivity index (χ1n) is 7.48. The summed E-state index contributed by atoms with van der Waals surface area (Å²) >= 11 is 6.05. The highest BCUT2D eigenvalue weighted by Crippen LogP contribution is 2.24. The third-order valence-corrected chi connectivity index (χ3v) is 4.35. The van der Waals surface area contributed by atoms with Gasteiger partial charge in [-0.15, -0.1) is 0 Å². The van der Waals surface area contributed by atoms with E-state index in [1.54, 1.807) is 6.07 Å². The fourth-order valence-corrected chi connectivity index (χ4v) is 2.78. The monoisotopic (exact) mass is 327 g/mol. The lowest BCUT2D eigenvalue weighted by molar-refractivity contribution is 0.559. The number of fused-ring (bicyclic) bond motifs is 1. The number of benzene rings is 2. The predicted octanol–water partition coefficient (Wildman–Crippen LogP) is 4.98. The van der Waals surface area contributed by atoms with E-state index in [4.69, 9.17) is 16.0 Å². The lowest BCUT2D eigenvalue weighted by Crippen LogP contribution is -2.07. The van der Waals surface area contributed by atoms with Crippen LogP contribution >= 0.6 is 11.6 Å². The first-order chi connectivity index (χ1) is 10.9. The van der Waals surface area contributed by atoms with Crippen molar-refractivity contribution in [1.29, 1.82) is 0 Å². The van der Waals surface area contributed by atoms with Gasteiger partial charge in [0.15, 0.2) is 0 Å². The Kier molecular flexibility index (Phi) is 4.14. The molecular formula is C19H18ClNO2. The van der Waals surface area contributed by atoms with Crippen LogP contribution in [0.15, 0.2) is 45.6 Å². The van der Waals surface area contributed by atoms with Gasteiger partial charge in [-0.1, -0.05) is 17.7 Å². The minimum atomic E-state index is -0.333. The number of halogens is 1. The quantitative estimate of drug-likeness (QED) is 0.689. The molecule has 0 unspecified atom stereocenters. The Bertz CT molecular complexity index is 944. The van der Waals surface area contributed by atoms with Crippen LogP contribution in [0.4, 0.5) is 5.69 Å². The van der Waals surface area contributed by atoms with Crippen LogP contribution in [0.25, 0.3) is 11.0 Å². The lowest BCUT2D eigenvalue weighted by atomic mass is 10.0. The van der Waals surface area contributed by atoms with Gasteiger partial charge in [0.2, 0.25) is 0 Å². The van der Waals surface area contributed by atoms with Crippen LogP contribution < -0.4 is 10.9 Å². The Balaban J connectivity index is 2.01. The molecule has 3 rings (SSSR count). The molecule has 0 atom stereocenters. The van der Waals surface area contributed by atoms with Crippen molar-refractivity contribution in [3.8, 4) is 0 Å². The molecule has 2 aromatic carbocycles. The molecule has 0 fully saturated rings. The van der Waals surface area contributed by atoms with E-state index in [9.17, 15) is 4.79 Å². The van der Waals surface area contributed by atoms with Crippen molar-refractivity contribution in [3.05, 3.63) is 74.1 Å². The summed E-state index contributed by atoms with van der Waals surface area (Å²) in [6, 6.07) is 11.2. The average molecular weight is 328 g/mol. The summed E-state index contributed by atoms with van der Waals surface area (Å²) in [7, 11) is 0. The Morgan fingerprint density at radius 3 is 2.52 bits per heavy atom. The maximum atomic E-state index is 11.8. The fraction of sp³-hybridized carbons (Fsp3) is 0.211. The summed E-state index contributed by atoms with van der Waals surface area (Å²) in [5.74, 6) is 0. The minimum absolute atomic E-state index is 0.333. The summed E-state index contributed by atoms with van der Waals surface area (Å²) in [5, 5.41) is 5.00. The lowest BCUT2D eigenvalue weighted by Gasteiger charge is -2.12. The zero-order valence-electron chi connectivity index (χ0n) is 13.4. The van der Waals surface area contributed by atoms with Crippen molar-refractivity contribution in [2.24, 2.45) is 0 Å². The van der Waals surface area contributed by atoms with Crippen LogP contribution in [0.5, 0.6) is 0 Å². The molecular weight excluding hydrogens is 310 g/mol. The number of hydrogen-bond acceptors (Lipinski definition) is 3. The number of hydrogen-bond donors (Lipinski definition) is 1. The van der Waals surface area contributed by atoms with E-state index in [1.165, 1.54) is 5.56 Å². The van der Waals surface area contributed by atoms with Crippen LogP contribution in [-0.4, -0.2) is 0 Å². The molecule has 1 N–H and O–H groups in total. The van der Waals surface area contributed by atoms with E-state index in [-0.39, 0.29) is 5.63 Å². The van der Waals surface area contributed by atoms with E-state index in [0.717, 1.165) is 27.8 Å². The molecule has 1 aromatic heterocycles. The molecule has 0 saturated carbocycles. The van der Waals surface area contributed by atoms with Gasteiger partial charge < -0.3 is 9.73 Å². The van der Waals surface area contributed by atoms with Crippen LogP contribution in [0.1, 0.15) is 22.3 Å². The Morgan fingerprint density at radius 1 is 1.00 bits per heavy atom. The van der Waals surface area contributed by atoms with Gasteiger partial charge >= 0.3 is 5.63 Å². The molecule has 0 amide bonds. The van der Waals surface area contributed by atoms with Crippen molar-refractivity contribution in [1.82, 2.24) is 0 Å². The van der Waals surface area contributed by atoms with Crippen molar-refractivity contribution in [2.75, 3.05) is 5.32 Å². The highest BCUT2D eigenvalue weighted by molar-refractivity contribution is 6.30. The zero-order valence-corrected chi connectivity index (χ0v) is 14.1. The molecule has 0 saturated heterocycles. The van der Waals surface area contributed by atoms with E-state index in [0.29, 0.717) is 17.2 Å². The molecule has 3 nitrogen and oxygen atoms in total. The van der Waals surface area contributed by atoms with E-state index in [1.807, 2.05) is 38.1 Å². The summed E-state index contributed by atoms with van der Waals surface area (Å²) in [6.07, 6.45) is 0. The topological polar surface area (TPSA) is 42.2 Å². The third kappa shape index (κ3) is 3.25. The van der Waals surface area contributed by atoms with Gasteiger partial charge in [0.1, 0.15) is 5.58 Å². The molecule has 23 heavy (non-hydrogen) atoms. The van der Waals surface area contributed by atoms with Crippen LogP contribution in [-0.2, 0) is 6.54 Å². The molecule has 0 bridgehead atoms. The van der Waals surface area contributed by atoms with Gasteiger partial charge in [0, 0.05) is 28.7 Å². The van der Waals surface area contributed by atoms with Gasteiger partial charge in [-0.25, -0.2) is 4.79 Å². The second-order valence-electron chi connectivity index (χ2n) is 5.84. The molecule has 3 aromatic rings. The Labute approximate surface area is 139 Å². The predicted molar refractivity (Wildman–Crippen MR) is 95.5 cm³/mol. The number of aryl methyl sites for hydroxylation is 3. The molecule has 1 heterocycles. The van der Waals surface area contributed by atoms with Gasteiger partial charge in [-0.3, -0.25) is 0 Å². The molecule has 0 spiro atoms. The van der Waals surface area contributed by atoms with Crippen LogP contribution in [0.2, 0.25) is 5.02 Å². The van der Waals surface area contributed by atoms with Gasteiger partial charge in [0.25, 0.3) is 0 Å². The van der Waals surface area contributed by atoms with Crippen molar-refractivity contribution >= 4 is 28.3 Å². The minimum Gasteiger partial charge on any atom is -0.423 e. The summed E-state index contributed by atoms with van der Waals surface area (Å²) in [5.41, 5.74) is 5.55. The second kappa shape index (κ2) is 6.09. The van der Waals surface area contributed by atoms with Crippen LogP contribution in [0.3, 0.4) is 0 Å². The van der Waals surface area contributed by atoms with Gasteiger partial charge in [-0.2, -0.15) is 0 Å². The normalized spacial score (nSPS) is 11.0.